The molecule has 2 aliphatic rings. The molecule has 1 aromatic heterocycles. The normalized spacial score (nSPS) is 18.5. The first kappa shape index (κ1) is 21.1. The number of rotatable bonds is 5. The lowest BCUT2D eigenvalue weighted by Gasteiger charge is -2.39. The zero-order valence-corrected chi connectivity index (χ0v) is 18.4. The van der Waals surface area contributed by atoms with E-state index in [9.17, 15) is 4.39 Å². The molecule has 1 atom stereocenters. The Kier molecular flexibility index (Phi) is 5.28. The molecule has 0 fully saturated rings. The fraction of sp³-hybridized carbons (Fsp3) is 0.280. The third-order valence-electron chi connectivity index (χ3n) is 5.93. The summed E-state index contributed by atoms with van der Waals surface area (Å²) in [5.41, 5.74) is 8.23. The Balaban J connectivity index is 1.65. The second kappa shape index (κ2) is 8.27. The monoisotopic (exact) mass is 449 g/mol. The molecule has 3 aromatic rings. The Morgan fingerprint density at radius 3 is 2.85 bits per heavy atom. The largest absolute Gasteiger partial charge is 0.497 e. The molecule has 8 heteroatoms. The second-order valence-corrected chi connectivity index (χ2v) is 7.89. The number of nitrogens with zero attached hydrogens (tertiary/aromatic N) is 2. The van der Waals surface area contributed by atoms with Gasteiger partial charge in [0.05, 0.1) is 26.0 Å². The van der Waals surface area contributed by atoms with E-state index in [0.717, 1.165) is 22.6 Å². The van der Waals surface area contributed by atoms with Gasteiger partial charge in [-0.2, -0.15) is 0 Å². The Labute approximate surface area is 191 Å². The highest BCUT2D eigenvalue weighted by Gasteiger charge is 2.46. The molecule has 170 valence electrons. The molecule has 2 N–H and O–H groups in total. The zero-order chi connectivity index (χ0) is 23.0. The molecule has 0 unspecified atom stereocenters. The van der Waals surface area contributed by atoms with Crippen LogP contribution in [0, 0.1) is 5.82 Å². The van der Waals surface area contributed by atoms with E-state index in [0.29, 0.717) is 43.1 Å². The van der Waals surface area contributed by atoms with Gasteiger partial charge < -0.3 is 24.7 Å². The SMILES string of the molecule is CCOc1cccnc1Cc1ccc2c(c1)[C@@]1(CCOC(N)=N1)c1cc(OC)cc(F)c1O2. The Morgan fingerprint density at radius 1 is 1.18 bits per heavy atom. The van der Waals surface area contributed by atoms with Gasteiger partial charge in [0.1, 0.15) is 22.8 Å². The van der Waals surface area contributed by atoms with Crippen LogP contribution in [0.15, 0.2) is 53.7 Å². The van der Waals surface area contributed by atoms with E-state index in [4.69, 9.17) is 29.7 Å². The van der Waals surface area contributed by atoms with Crippen molar-refractivity contribution < 1.29 is 23.3 Å². The van der Waals surface area contributed by atoms with E-state index in [-0.39, 0.29) is 11.8 Å². The van der Waals surface area contributed by atoms with Crippen LogP contribution in [0.1, 0.15) is 35.7 Å². The predicted octanol–water partition coefficient (Wildman–Crippen LogP) is 4.30. The Hall–Kier alpha value is -3.81. The van der Waals surface area contributed by atoms with E-state index in [1.807, 2.05) is 37.3 Å². The molecular formula is C25H24FN3O4. The number of benzene rings is 2. The number of nitrogens with two attached hydrogens (primary N) is 1. The number of methoxy groups -OCH3 is 1. The minimum Gasteiger partial charge on any atom is -0.497 e. The van der Waals surface area contributed by atoms with Crippen LogP contribution in [0.4, 0.5) is 4.39 Å². The number of ether oxygens (including phenoxy) is 4. The first-order valence-electron chi connectivity index (χ1n) is 10.8. The molecule has 0 bridgehead atoms. The summed E-state index contributed by atoms with van der Waals surface area (Å²) in [5.74, 6) is 1.25. The van der Waals surface area contributed by atoms with Crippen molar-refractivity contribution in [1.29, 1.82) is 0 Å². The number of fused-ring (bicyclic) bond motifs is 4. The molecule has 0 saturated heterocycles. The molecule has 2 aromatic carbocycles. The first-order chi connectivity index (χ1) is 16.0. The average molecular weight is 449 g/mol. The van der Waals surface area contributed by atoms with Crippen LogP contribution in [0.5, 0.6) is 23.0 Å². The van der Waals surface area contributed by atoms with Crippen molar-refractivity contribution in [1.82, 2.24) is 4.98 Å². The summed E-state index contributed by atoms with van der Waals surface area (Å²) in [6.07, 6.45) is 2.77. The quantitative estimate of drug-likeness (QED) is 0.625. The van der Waals surface area contributed by atoms with Gasteiger partial charge in [-0.3, -0.25) is 4.98 Å². The summed E-state index contributed by atoms with van der Waals surface area (Å²) in [7, 11) is 1.49. The zero-order valence-electron chi connectivity index (χ0n) is 18.4. The maximum absolute atomic E-state index is 15.0. The van der Waals surface area contributed by atoms with Crippen LogP contribution < -0.4 is 19.9 Å². The Bertz CT molecular complexity index is 1250. The number of amidine groups is 1. The van der Waals surface area contributed by atoms with E-state index in [1.165, 1.54) is 13.2 Å². The summed E-state index contributed by atoms with van der Waals surface area (Å²) in [6, 6.07) is 12.7. The highest BCUT2D eigenvalue weighted by molar-refractivity contribution is 5.75. The Morgan fingerprint density at radius 2 is 2.06 bits per heavy atom. The smallest absolute Gasteiger partial charge is 0.283 e. The van der Waals surface area contributed by atoms with Crippen molar-refractivity contribution >= 4 is 6.02 Å². The molecule has 7 nitrogen and oxygen atoms in total. The van der Waals surface area contributed by atoms with Gasteiger partial charge in [0, 0.05) is 36.2 Å². The lowest BCUT2D eigenvalue weighted by molar-refractivity contribution is 0.217. The third kappa shape index (κ3) is 3.61. The van der Waals surface area contributed by atoms with Gasteiger partial charge in [0.15, 0.2) is 11.6 Å². The van der Waals surface area contributed by atoms with Gasteiger partial charge in [-0.05, 0) is 42.8 Å². The number of pyridine rings is 1. The molecule has 33 heavy (non-hydrogen) atoms. The van der Waals surface area contributed by atoms with Crippen molar-refractivity contribution in [3.8, 4) is 23.0 Å². The second-order valence-electron chi connectivity index (χ2n) is 7.89. The van der Waals surface area contributed by atoms with Gasteiger partial charge in [-0.25, -0.2) is 9.38 Å². The molecule has 0 saturated carbocycles. The van der Waals surface area contributed by atoms with Crippen molar-refractivity contribution in [2.24, 2.45) is 10.7 Å². The lowest BCUT2D eigenvalue weighted by atomic mass is 9.77. The van der Waals surface area contributed by atoms with Crippen LogP contribution >= 0.6 is 0 Å². The maximum Gasteiger partial charge on any atom is 0.283 e. The fourth-order valence-corrected chi connectivity index (χ4v) is 4.46. The van der Waals surface area contributed by atoms with Crippen LogP contribution in [-0.4, -0.2) is 31.3 Å². The summed E-state index contributed by atoms with van der Waals surface area (Å²) >= 11 is 0. The van der Waals surface area contributed by atoms with Gasteiger partial charge in [-0.15, -0.1) is 0 Å². The van der Waals surface area contributed by atoms with E-state index < -0.39 is 11.4 Å². The van der Waals surface area contributed by atoms with Crippen molar-refractivity contribution in [3.63, 3.8) is 0 Å². The predicted molar refractivity (Wildman–Crippen MR) is 121 cm³/mol. The van der Waals surface area contributed by atoms with Crippen LogP contribution in [-0.2, 0) is 16.7 Å². The van der Waals surface area contributed by atoms with Gasteiger partial charge in [0.25, 0.3) is 6.02 Å². The molecule has 1 spiro atoms. The average Bonchev–Trinajstić information content (AvgIpc) is 2.82. The van der Waals surface area contributed by atoms with Crippen molar-refractivity contribution in [3.05, 3.63) is 76.9 Å². The van der Waals surface area contributed by atoms with E-state index in [1.54, 1.807) is 12.3 Å². The number of aliphatic imine (C=N–C) groups is 1. The number of hydrogen-bond acceptors (Lipinski definition) is 7. The topological polar surface area (TPSA) is 88.2 Å². The van der Waals surface area contributed by atoms with Crippen LogP contribution in [0.3, 0.4) is 0 Å². The maximum atomic E-state index is 15.0. The van der Waals surface area contributed by atoms with E-state index in [2.05, 4.69) is 4.98 Å². The number of halogens is 1. The van der Waals surface area contributed by atoms with Gasteiger partial charge >= 0.3 is 0 Å². The molecular weight excluding hydrogens is 425 g/mol. The van der Waals surface area contributed by atoms with E-state index >= 15 is 0 Å². The minimum atomic E-state index is -0.955. The minimum absolute atomic E-state index is 0.0528. The van der Waals surface area contributed by atoms with Gasteiger partial charge in [-0.1, -0.05) is 6.07 Å². The molecule has 0 radical (unpaired) electrons. The summed E-state index contributed by atoms with van der Waals surface area (Å²) in [5, 5.41) is 0. The molecule has 3 heterocycles. The molecule has 2 aliphatic heterocycles. The highest BCUT2D eigenvalue weighted by atomic mass is 19.1. The highest BCUT2D eigenvalue weighted by Crippen LogP contribution is 2.53. The van der Waals surface area contributed by atoms with Crippen molar-refractivity contribution in [2.45, 2.75) is 25.3 Å². The summed E-state index contributed by atoms with van der Waals surface area (Å²) < 4.78 is 37.5. The first-order valence-corrected chi connectivity index (χ1v) is 10.8. The summed E-state index contributed by atoms with van der Waals surface area (Å²) in [6.45, 7) is 2.83. The number of hydrogen-bond donors (Lipinski definition) is 1. The standard InChI is InChI=1S/C25H24FN3O4/c1-3-31-22-5-4-9-28-20(22)12-15-6-7-21-17(11-15)25(8-10-32-24(27)29-25)18-13-16(30-2)14-19(26)23(18)33-21/h4-7,9,11,13-14H,3,8,10,12H2,1-2H3,(H2,27,29)/t25-/m0/s1. The van der Waals surface area contributed by atoms with Crippen LogP contribution in [0.25, 0.3) is 0 Å². The van der Waals surface area contributed by atoms with Crippen LogP contribution in [0.2, 0.25) is 0 Å². The summed E-state index contributed by atoms with van der Waals surface area (Å²) in [4.78, 5) is 9.20. The third-order valence-corrected chi connectivity index (χ3v) is 5.93. The van der Waals surface area contributed by atoms with Gasteiger partial charge in [0.2, 0.25) is 0 Å². The molecule has 0 aliphatic carbocycles. The lowest BCUT2D eigenvalue weighted by Crippen LogP contribution is -2.38. The fourth-order valence-electron chi connectivity index (χ4n) is 4.46. The molecule has 5 rings (SSSR count). The number of aromatic nitrogens is 1. The molecule has 0 amide bonds. The van der Waals surface area contributed by atoms with Crippen molar-refractivity contribution in [2.75, 3.05) is 20.3 Å².